The molecule has 116 valence electrons. The van der Waals surface area contributed by atoms with Gasteiger partial charge in [-0.1, -0.05) is 30.3 Å². The summed E-state index contributed by atoms with van der Waals surface area (Å²) in [5.74, 6) is -0.335. The molecule has 0 aliphatic heterocycles. The van der Waals surface area contributed by atoms with E-state index in [0.717, 1.165) is 11.1 Å². The lowest BCUT2D eigenvalue weighted by Gasteiger charge is -2.09. The zero-order chi connectivity index (χ0) is 16.4. The highest BCUT2D eigenvalue weighted by atomic mass is 19.1. The van der Waals surface area contributed by atoms with Gasteiger partial charge in [0.05, 0.1) is 12.2 Å². The summed E-state index contributed by atoms with van der Waals surface area (Å²) < 4.78 is 15.1. The second-order valence-electron chi connectivity index (χ2n) is 5.60. The van der Waals surface area contributed by atoms with E-state index in [1.165, 1.54) is 22.4 Å². The van der Waals surface area contributed by atoms with Gasteiger partial charge < -0.3 is 0 Å². The molecule has 0 bridgehead atoms. The standard InChI is InChI=1S/C19H17FN2O/c1-13-7-8-15(11-14(13)2)18-9-10-19(23)22(21-18)12-16-5-3-4-6-17(16)20/h3-11H,12H2,1-2H3. The first-order valence-electron chi connectivity index (χ1n) is 7.44. The van der Waals surface area contributed by atoms with Gasteiger partial charge in [-0.2, -0.15) is 5.10 Å². The average molecular weight is 308 g/mol. The van der Waals surface area contributed by atoms with Gasteiger partial charge in [-0.3, -0.25) is 4.79 Å². The minimum atomic E-state index is -0.335. The molecule has 0 fully saturated rings. The molecule has 3 nitrogen and oxygen atoms in total. The highest BCUT2D eigenvalue weighted by molar-refractivity contribution is 5.60. The van der Waals surface area contributed by atoms with E-state index in [0.29, 0.717) is 11.3 Å². The quantitative estimate of drug-likeness (QED) is 0.739. The lowest BCUT2D eigenvalue weighted by atomic mass is 10.0. The number of rotatable bonds is 3. The minimum Gasteiger partial charge on any atom is -0.268 e. The van der Waals surface area contributed by atoms with E-state index >= 15 is 0 Å². The molecule has 4 heteroatoms. The molecular formula is C19H17FN2O. The highest BCUT2D eigenvalue weighted by Gasteiger charge is 2.07. The van der Waals surface area contributed by atoms with Crippen LogP contribution in [-0.4, -0.2) is 9.78 Å². The zero-order valence-electron chi connectivity index (χ0n) is 13.1. The Kier molecular flexibility index (Phi) is 4.06. The number of benzene rings is 2. The third kappa shape index (κ3) is 3.21. The van der Waals surface area contributed by atoms with Crippen molar-refractivity contribution in [3.05, 3.63) is 87.5 Å². The summed E-state index contributed by atoms with van der Waals surface area (Å²) >= 11 is 0. The van der Waals surface area contributed by atoms with Crippen LogP contribution in [0.15, 0.2) is 59.4 Å². The van der Waals surface area contributed by atoms with Crippen LogP contribution in [-0.2, 0) is 6.54 Å². The average Bonchev–Trinajstić information content (AvgIpc) is 2.54. The van der Waals surface area contributed by atoms with Crippen molar-refractivity contribution < 1.29 is 4.39 Å². The lowest BCUT2D eigenvalue weighted by molar-refractivity contribution is 0.573. The summed E-state index contributed by atoms with van der Waals surface area (Å²) in [4.78, 5) is 12.0. The predicted molar refractivity (Wildman–Crippen MR) is 88.9 cm³/mol. The van der Waals surface area contributed by atoms with Crippen molar-refractivity contribution in [1.82, 2.24) is 9.78 Å². The topological polar surface area (TPSA) is 34.9 Å². The largest absolute Gasteiger partial charge is 0.268 e. The number of aryl methyl sites for hydroxylation is 2. The van der Waals surface area contributed by atoms with Crippen LogP contribution in [0.4, 0.5) is 4.39 Å². The van der Waals surface area contributed by atoms with E-state index in [1.54, 1.807) is 24.3 Å². The van der Waals surface area contributed by atoms with Gasteiger partial charge >= 0.3 is 0 Å². The normalized spacial score (nSPS) is 10.7. The summed E-state index contributed by atoms with van der Waals surface area (Å²) in [7, 11) is 0. The number of aromatic nitrogens is 2. The molecule has 3 rings (SSSR count). The second-order valence-corrected chi connectivity index (χ2v) is 5.60. The summed E-state index contributed by atoms with van der Waals surface area (Å²) in [6.45, 7) is 4.20. The summed E-state index contributed by atoms with van der Waals surface area (Å²) in [5, 5.41) is 4.39. The van der Waals surface area contributed by atoms with Gasteiger partial charge in [-0.15, -0.1) is 0 Å². The molecule has 0 atom stereocenters. The number of nitrogens with zero attached hydrogens (tertiary/aromatic N) is 2. The molecule has 0 saturated heterocycles. The molecule has 0 N–H and O–H groups in total. The monoisotopic (exact) mass is 308 g/mol. The smallest absolute Gasteiger partial charge is 0.267 e. The van der Waals surface area contributed by atoms with Crippen molar-refractivity contribution in [1.29, 1.82) is 0 Å². The molecule has 0 aliphatic rings. The molecule has 0 saturated carbocycles. The first-order valence-corrected chi connectivity index (χ1v) is 7.44. The SMILES string of the molecule is Cc1ccc(-c2ccc(=O)n(Cc3ccccc3F)n2)cc1C. The van der Waals surface area contributed by atoms with E-state index in [1.807, 2.05) is 32.0 Å². The van der Waals surface area contributed by atoms with Gasteiger partial charge in [0.1, 0.15) is 5.82 Å². The third-order valence-corrected chi connectivity index (χ3v) is 3.95. The van der Waals surface area contributed by atoms with Gasteiger partial charge in [0, 0.05) is 17.2 Å². The Hall–Kier alpha value is -2.75. The predicted octanol–water partition coefficient (Wildman–Crippen LogP) is 3.71. The molecule has 23 heavy (non-hydrogen) atoms. The zero-order valence-corrected chi connectivity index (χ0v) is 13.1. The Morgan fingerprint density at radius 3 is 2.52 bits per heavy atom. The third-order valence-electron chi connectivity index (χ3n) is 3.95. The molecule has 0 radical (unpaired) electrons. The Morgan fingerprint density at radius 1 is 1.00 bits per heavy atom. The summed E-state index contributed by atoms with van der Waals surface area (Å²) in [6.07, 6.45) is 0. The fraction of sp³-hybridized carbons (Fsp3) is 0.158. The van der Waals surface area contributed by atoms with E-state index < -0.39 is 0 Å². The molecule has 0 unspecified atom stereocenters. The van der Waals surface area contributed by atoms with E-state index in [-0.39, 0.29) is 17.9 Å². The molecule has 0 amide bonds. The van der Waals surface area contributed by atoms with E-state index in [4.69, 9.17) is 0 Å². The minimum absolute atomic E-state index is 0.115. The van der Waals surface area contributed by atoms with E-state index in [9.17, 15) is 9.18 Å². The van der Waals surface area contributed by atoms with Gasteiger partial charge in [-0.25, -0.2) is 9.07 Å². The van der Waals surface area contributed by atoms with Crippen molar-refractivity contribution in [2.45, 2.75) is 20.4 Å². The number of hydrogen-bond donors (Lipinski definition) is 0. The van der Waals surface area contributed by atoms with Crippen molar-refractivity contribution >= 4 is 0 Å². The van der Waals surface area contributed by atoms with Crippen LogP contribution < -0.4 is 5.56 Å². The van der Waals surface area contributed by atoms with Crippen LogP contribution in [0.25, 0.3) is 11.3 Å². The van der Waals surface area contributed by atoms with Gasteiger partial charge in [0.25, 0.3) is 5.56 Å². The van der Waals surface area contributed by atoms with Crippen LogP contribution in [0.5, 0.6) is 0 Å². The molecule has 1 heterocycles. The first-order chi connectivity index (χ1) is 11.0. The fourth-order valence-electron chi connectivity index (χ4n) is 2.40. The summed E-state index contributed by atoms with van der Waals surface area (Å²) in [6, 6.07) is 15.6. The van der Waals surface area contributed by atoms with Gasteiger partial charge in [0.2, 0.25) is 0 Å². The van der Waals surface area contributed by atoms with Crippen LogP contribution in [0.2, 0.25) is 0 Å². The molecule has 0 spiro atoms. The molecule has 0 aliphatic carbocycles. The van der Waals surface area contributed by atoms with Gasteiger partial charge in [0.15, 0.2) is 0 Å². The first kappa shape index (κ1) is 15.2. The maximum absolute atomic E-state index is 13.8. The van der Waals surface area contributed by atoms with E-state index in [2.05, 4.69) is 5.10 Å². The van der Waals surface area contributed by atoms with Crippen molar-refractivity contribution in [3.63, 3.8) is 0 Å². The van der Waals surface area contributed by atoms with Crippen LogP contribution in [0.3, 0.4) is 0 Å². The van der Waals surface area contributed by atoms with Crippen molar-refractivity contribution in [2.75, 3.05) is 0 Å². The molecule has 3 aromatic rings. The van der Waals surface area contributed by atoms with Crippen molar-refractivity contribution in [2.24, 2.45) is 0 Å². The fourth-order valence-corrected chi connectivity index (χ4v) is 2.40. The van der Waals surface area contributed by atoms with Crippen LogP contribution in [0, 0.1) is 19.7 Å². The Morgan fingerprint density at radius 2 is 1.78 bits per heavy atom. The maximum atomic E-state index is 13.8. The lowest BCUT2D eigenvalue weighted by Crippen LogP contribution is -2.23. The van der Waals surface area contributed by atoms with Gasteiger partial charge in [-0.05, 0) is 43.2 Å². The Bertz CT molecular complexity index is 915. The molecule has 1 aromatic heterocycles. The molecular weight excluding hydrogens is 291 g/mol. The van der Waals surface area contributed by atoms with Crippen LogP contribution in [0.1, 0.15) is 16.7 Å². The second kappa shape index (κ2) is 6.16. The highest BCUT2D eigenvalue weighted by Crippen LogP contribution is 2.19. The molecule has 2 aromatic carbocycles. The number of halogens is 1. The number of hydrogen-bond acceptors (Lipinski definition) is 2. The Labute approximate surface area is 134 Å². The maximum Gasteiger partial charge on any atom is 0.267 e. The Balaban J connectivity index is 2.01. The summed E-state index contributed by atoms with van der Waals surface area (Å²) in [5.41, 5.74) is 4.20. The van der Waals surface area contributed by atoms with Crippen LogP contribution >= 0.6 is 0 Å². The van der Waals surface area contributed by atoms with Crippen molar-refractivity contribution in [3.8, 4) is 11.3 Å².